The van der Waals surface area contributed by atoms with Gasteiger partial charge in [0.1, 0.15) is 0 Å². The molecule has 0 spiro atoms. The number of carbonyl (C=O) groups excluding carboxylic acids is 1. The zero-order valence-electron chi connectivity index (χ0n) is 10.2. The highest BCUT2D eigenvalue weighted by atomic mass is 16.4. The van der Waals surface area contributed by atoms with Gasteiger partial charge in [0.05, 0.1) is 5.39 Å². The molecular formula is C12H15N3O2. The van der Waals surface area contributed by atoms with Crippen molar-refractivity contribution in [1.82, 2.24) is 15.1 Å². The van der Waals surface area contributed by atoms with Gasteiger partial charge in [0.2, 0.25) is 5.71 Å². The van der Waals surface area contributed by atoms with Crippen molar-refractivity contribution in [2.24, 2.45) is 7.05 Å². The van der Waals surface area contributed by atoms with Crippen LogP contribution in [0.25, 0.3) is 11.1 Å². The summed E-state index contributed by atoms with van der Waals surface area (Å²) in [6, 6.07) is 0. The van der Waals surface area contributed by atoms with Crippen LogP contribution in [-0.2, 0) is 7.05 Å². The van der Waals surface area contributed by atoms with Crippen molar-refractivity contribution in [2.45, 2.75) is 13.8 Å². The smallest absolute Gasteiger partial charge is 0.287 e. The molecule has 5 heteroatoms. The van der Waals surface area contributed by atoms with Crippen LogP contribution in [0.5, 0.6) is 0 Å². The molecule has 0 aromatic carbocycles. The molecule has 0 radical (unpaired) electrons. The zero-order chi connectivity index (χ0) is 12.6. The van der Waals surface area contributed by atoms with Gasteiger partial charge in [-0.05, 0) is 13.8 Å². The predicted octanol–water partition coefficient (Wildman–Crippen LogP) is 1.70. The van der Waals surface area contributed by atoms with Crippen molar-refractivity contribution in [3.63, 3.8) is 0 Å². The second-order valence-corrected chi connectivity index (χ2v) is 3.94. The van der Waals surface area contributed by atoms with Gasteiger partial charge in [-0.1, -0.05) is 6.08 Å². The largest absolute Gasteiger partial charge is 0.431 e. The van der Waals surface area contributed by atoms with Gasteiger partial charge in [0, 0.05) is 24.8 Å². The highest BCUT2D eigenvalue weighted by molar-refractivity contribution is 5.98. The summed E-state index contributed by atoms with van der Waals surface area (Å²) in [4.78, 5) is 11.8. The lowest BCUT2D eigenvalue weighted by Crippen LogP contribution is -2.23. The Bertz CT molecular complexity index is 592. The summed E-state index contributed by atoms with van der Waals surface area (Å²) in [5.41, 5.74) is 2.32. The van der Waals surface area contributed by atoms with Gasteiger partial charge in [-0.15, -0.1) is 11.7 Å². The number of fused-ring (bicyclic) bond motifs is 1. The van der Waals surface area contributed by atoms with E-state index in [0.29, 0.717) is 18.0 Å². The fourth-order valence-corrected chi connectivity index (χ4v) is 1.83. The maximum absolute atomic E-state index is 11.8. The third-order valence-corrected chi connectivity index (χ3v) is 2.83. The molecule has 2 aromatic rings. The number of carbonyl (C=O) groups is 1. The molecule has 0 unspecified atom stereocenters. The highest BCUT2D eigenvalue weighted by Gasteiger charge is 2.21. The third-order valence-electron chi connectivity index (χ3n) is 2.83. The highest BCUT2D eigenvalue weighted by Crippen LogP contribution is 2.26. The first-order valence-corrected chi connectivity index (χ1v) is 5.38. The average molecular weight is 233 g/mol. The Labute approximate surface area is 99.1 Å². The number of nitrogens with one attached hydrogen (secondary N) is 1. The van der Waals surface area contributed by atoms with Gasteiger partial charge in [-0.25, -0.2) is 0 Å². The summed E-state index contributed by atoms with van der Waals surface area (Å²) in [6.45, 7) is 7.78. The van der Waals surface area contributed by atoms with Gasteiger partial charge in [0.15, 0.2) is 5.76 Å². The molecule has 0 saturated heterocycles. The van der Waals surface area contributed by atoms with Crippen LogP contribution in [0.15, 0.2) is 17.1 Å². The van der Waals surface area contributed by atoms with E-state index in [4.69, 9.17) is 4.42 Å². The van der Waals surface area contributed by atoms with Gasteiger partial charge in [-0.3, -0.25) is 9.48 Å². The molecule has 0 aliphatic rings. The lowest BCUT2D eigenvalue weighted by Gasteiger charge is -2.00. The lowest BCUT2D eigenvalue weighted by atomic mass is 10.2. The van der Waals surface area contributed by atoms with Gasteiger partial charge >= 0.3 is 0 Å². The number of aromatic nitrogens is 2. The second kappa shape index (κ2) is 4.08. The number of rotatable bonds is 3. The van der Waals surface area contributed by atoms with Crippen LogP contribution in [-0.4, -0.2) is 22.2 Å². The van der Waals surface area contributed by atoms with E-state index >= 15 is 0 Å². The molecule has 1 N–H and O–H groups in total. The monoisotopic (exact) mass is 233 g/mol. The second-order valence-electron chi connectivity index (χ2n) is 3.94. The lowest BCUT2D eigenvalue weighted by molar-refractivity contribution is 0.0931. The van der Waals surface area contributed by atoms with Gasteiger partial charge < -0.3 is 9.73 Å². The zero-order valence-corrected chi connectivity index (χ0v) is 10.2. The van der Waals surface area contributed by atoms with E-state index in [1.807, 2.05) is 20.9 Å². The Kier molecular flexibility index (Phi) is 2.75. The Morgan fingerprint density at radius 1 is 1.59 bits per heavy atom. The normalized spacial score (nSPS) is 10.8. The molecule has 0 fully saturated rings. The van der Waals surface area contributed by atoms with E-state index in [-0.39, 0.29) is 5.91 Å². The summed E-state index contributed by atoms with van der Waals surface area (Å²) >= 11 is 0. The first-order valence-electron chi connectivity index (χ1n) is 5.38. The average Bonchev–Trinajstić information content (AvgIpc) is 2.75. The topological polar surface area (TPSA) is 60.1 Å². The van der Waals surface area contributed by atoms with E-state index in [2.05, 4.69) is 17.0 Å². The SMILES string of the molecule is C=CCNC(=O)c1oc2nn(C)c(C)c2c1C. The fourth-order valence-electron chi connectivity index (χ4n) is 1.83. The van der Waals surface area contributed by atoms with Crippen LogP contribution in [0.3, 0.4) is 0 Å². The summed E-state index contributed by atoms with van der Waals surface area (Å²) in [7, 11) is 1.85. The first kappa shape index (κ1) is 11.4. The van der Waals surface area contributed by atoms with Crippen molar-refractivity contribution in [1.29, 1.82) is 0 Å². The fraction of sp³-hybridized carbons (Fsp3) is 0.333. The number of furan rings is 1. The molecule has 90 valence electrons. The molecular weight excluding hydrogens is 218 g/mol. The number of hydrogen-bond donors (Lipinski definition) is 1. The molecule has 0 saturated carbocycles. The van der Waals surface area contributed by atoms with Crippen molar-refractivity contribution >= 4 is 17.0 Å². The van der Waals surface area contributed by atoms with Crippen LogP contribution < -0.4 is 5.32 Å². The standard InChI is InChI=1S/C12H15N3O2/c1-5-6-13-11(16)10-7(2)9-8(3)15(4)14-12(9)17-10/h5H,1,6H2,2-4H3,(H,13,16). The Morgan fingerprint density at radius 3 is 2.88 bits per heavy atom. The van der Waals surface area contributed by atoms with Crippen LogP contribution in [0.2, 0.25) is 0 Å². The maximum atomic E-state index is 11.8. The summed E-state index contributed by atoms with van der Waals surface area (Å²) in [5, 5.41) is 7.81. The summed E-state index contributed by atoms with van der Waals surface area (Å²) in [6.07, 6.45) is 1.62. The van der Waals surface area contributed by atoms with Crippen LogP contribution in [0.4, 0.5) is 0 Å². The van der Waals surface area contributed by atoms with Crippen LogP contribution in [0.1, 0.15) is 21.8 Å². The Hall–Kier alpha value is -2.04. The van der Waals surface area contributed by atoms with E-state index in [1.54, 1.807) is 10.8 Å². The molecule has 0 aliphatic carbocycles. The number of aryl methyl sites for hydroxylation is 3. The molecule has 0 atom stereocenters. The molecule has 2 heterocycles. The molecule has 1 amide bonds. The molecule has 0 bridgehead atoms. The molecule has 0 aliphatic heterocycles. The molecule has 5 nitrogen and oxygen atoms in total. The minimum atomic E-state index is -0.234. The Balaban J connectivity index is 2.46. The van der Waals surface area contributed by atoms with Crippen molar-refractivity contribution in [3.8, 4) is 0 Å². The maximum Gasteiger partial charge on any atom is 0.287 e. The minimum absolute atomic E-state index is 0.234. The van der Waals surface area contributed by atoms with Crippen LogP contribution in [0, 0.1) is 13.8 Å². The number of hydrogen-bond acceptors (Lipinski definition) is 3. The molecule has 2 rings (SSSR count). The quantitative estimate of drug-likeness (QED) is 0.821. The number of nitrogens with zero attached hydrogens (tertiary/aromatic N) is 2. The Morgan fingerprint density at radius 2 is 2.29 bits per heavy atom. The minimum Gasteiger partial charge on any atom is -0.431 e. The van der Waals surface area contributed by atoms with Crippen molar-refractivity contribution < 1.29 is 9.21 Å². The van der Waals surface area contributed by atoms with Gasteiger partial charge in [0.25, 0.3) is 5.91 Å². The summed E-state index contributed by atoms with van der Waals surface area (Å²) in [5.74, 6) is 0.0931. The van der Waals surface area contributed by atoms with E-state index in [1.165, 1.54) is 0 Å². The molecule has 2 aromatic heterocycles. The first-order chi connectivity index (χ1) is 8.06. The number of amides is 1. The third kappa shape index (κ3) is 1.73. The molecule has 17 heavy (non-hydrogen) atoms. The van der Waals surface area contributed by atoms with Crippen LogP contribution >= 0.6 is 0 Å². The van der Waals surface area contributed by atoms with Crippen molar-refractivity contribution in [3.05, 3.63) is 29.7 Å². The van der Waals surface area contributed by atoms with Gasteiger partial charge in [-0.2, -0.15) is 0 Å². The predicted molar refractivity (Wildman–Crippen MR) is 65.0 cm³/mol. The van der Waals surface area contributed by atoms with E-state index in [0.717, 1.165) is 16.6 Å². The summed E-state index contributed by atoms with van der Waals surface area (Å²) < 4.78 is 7.22. The van der Waals surface area contributed by atoms with E-state index < -0.39 is 0 Å². The van der Waals surface area contributed by atoms with E-state index in [9.17, 15) is 4.79 Å². The van der Waals surface area contributed by atoms with Crippen molar-refractivity contribution in [2.75, 3.05) is 6.54 Å².